The lowest BCUT2D eigenvalue weighted by molar-refractivity contribution is -0.137. The zero-order valence-electron chi connectivity index (χ0n) is 15.3. The van der Waals surface area contributed by atoms with Crippen molar-refractivity contribution in [1.29, 1.82) is 0 Å². The van der Waals surface area contributed by atoms with Gasteiger partial charge in [0, 0.05) is 42.9 Å². The molecular formula is C18H27N3O4. The first-order valence-electron chi connectivity index (χ1n) is 8.44. The molecule has 1 heterocycles. The molecule has 1 saturated heterocycles. The standard InChI is InChI=1S/C18H27N3O4/c1-12-7-13(5-6-19-12)18(23)21(2)11-17(22)20-14-8-15(24-3)10-16(9-14)25-4/h8-10,12-13,19H,5-7,11H2,1-4H3,(H,20,22)/t12-,13-/m0/s1. The summed E-state index contributed by atoms with van der Waals surface area (Å²) < 4.78 is 10.4. The third-order valence-electron chi connectivity index (χ3n) is 4.37. The van der Waals surface area contributed by atoms with Crippen LogP contribution in [0.5, 0.6) is 11.5 Å². The molecule has 25 heavy (non-hydrogen) atoms. The second-order valence-corrected chi connectivity index (χ2v) is 6.42. The Hall–Kier alpha value is -2.28. The molecular weight excluding hydrogens is 322 g/mol. The van der Waals surface area contributed by atoms with E-state index in [0.29, 0.717) is 23.2 Å². The largest absolute Gasteiger partial charge is 0.497 e. The van der Waals surface area contributed by atoms with Crippen LogP contribution in [-0.2, 0) is 9.59 Å². The van der Waals surface area contributed by atoms with Gasteiger partial charge < -0.3 is 25.0 Å². The quantitative estimate of drug-likeness (QED) is 0.813. The lowest BCUT2D eigenvalue weighted by atomic mass is 9.92. The number of hydrogen-bond acceptors (Lipinski definition) is 5. The van der Waals surface area contributed by atoms with Crippen molar-refractivity contribution in [3.05, 3.63) is 18.2 Å². The molecule has 0 radical (unpaired) electrons. The second-order valence-electron chi connectivity index (χ2n) is 6.42. The first kappa shape index (κ1) is 19.1. The maximum atomic E-state index is 12.5. The molecule has 1 aliphatic heterocycles. The topological polar surface area (TPSA) is 79.9 Å². The third kappa shape index (κ3) is 5.35. The Labute approximate surface area is 148 Å². The van der Waals surface area contributed by atoms with E-state index in [1.54, 1.807) is 39.5 Å². The number of benzene rings is 1. The Morgan fingerprint density at radius 1 is 1.24 bits per heavy atom. The number of likely N-dealkylation sites (N-methyl/N-ethyl adjacent to an activating group) is 1. The van der Waals surface area contributed by atoms with Gasteiger partial charge in [-0.15, -0.1) is 0 Å². The van der Waals surface area contributed by atoms with Crippen LogP contribution >= 0.6 is 0 Å². The van der Waals surface area contributed by atoms with Crippen molar-refractivity contribution in [3.8, 4) is 11.5 Å². The van der Waals surface area contributed by atoms with E-state index >= 15 is 0 Å². The molecule has 138 valence electrons. The lowest BCUT2D eigenvalue weighted by Gasteiger charge is -2.30. The molecule has 7 nitrogen and oxygen atoms in total. The summed E-state index contributed by atoms with van der Waals surface area (Å²) in [5.41, 5.74) is 0.567. The van der Waals surface area contributed by atoms with Crippen LogP contribution in [0.3, 0.4) is 0 Å². The molecule has 2 amide bonds. The van der Waals surface area contributed by atoms with Gasteiger partial charge in [0.2, 0.25) is 11.8 Å². The van der Waals surface area contributed by atoms with E-state index in [1.165, 1.54) is 4.90 Å². The fraction of sp³-hybridized carbons (Fsp3) is 0.556. The maximum Gasteiger partial charge on any atom is 0.243 e. The SMILES string of the molecule is COc1cc(NC(=O)CN(C)C(=O)[C@H]2CCN[C@@H](C)C2)cc(OC)c1. The summed E-state index contributed by atoms with van der Waals surface area (Å²) >= 11 is 0. The molecule has 2 atom stereocenters. The molecule has 0 spiro atoms. The number of piperidine rings is 1. The molecule has 7 heteroatoms. The first-order valence-corrected chi connectivity index (χ1v) is 8.44. The molecule has 1 aliphatic rings. The number of ether oxygens (including phenoxy) is 2. The number of carbonyl (C=O) groups is 2. The maximum absolute atomic E-state index is 12.5. The van der Waals surface area contributed by atoms with Gasteiger partial charge in [0.25, 0.3) is 0 Å². The van der Waals surface area contributed by atoms with Crippen LogP contribution in [-0.4, -0.2) is 57.1 Å². The molecule has 0 saturated carbocycles. The van der Waals surface area contributed by atoms with Gasteiger partial charge in [0.1, 0.15) is 11.5 Å². The van der Waals surface area contributed by atoms with Crippen LogP contribution < -0.4 is 20.1 Å². The van der Waals surface area contributed by atoms with E-state index in [-0.39, 0.29) is 24.3 Å². The number of amides is 2. The van der Waals surface area contributed by atoms with E-state index in [2.05, 4.69) is 17.6 Å². The molecule has 2 rings (SSSR count). The molecule has 0 aromatic heterocycles. The van der Waals surface area contributed by atoms with E-state index in [4.69, 9.17) is 9.47 Å². The minimum atomic E-state index is -0.256. The highest BCUT2D eigenvalue weighted by molar-refractivity contribution is 5.95. The van der Waals surface area contributed by atoms with Crippen molar-refractivity contribution in [2.24, 2.45) is 5.92 Å². The molecule has 0 unspecified atom stereocenters. The summed E-state index contributed by atoms with van der Waals surface area (Å²) in [6.07, 6.45) is 1.61. The molecule has 0 bridgehead atoms. The van der Waals surface area contributed by atoms with Gasteiger partial charge in [-0.05, 0) is 26.3 Å². The van der Waals surface area contributed by atoms with Crippen molar-refractivity contribution >= 4 is 17.5 Å². The number of carbonyl (C=O) groups excluding carboxylic acids is 2. The predicted octanol–water partition coefficient (Wildman–Crippen LogP) is 1.49. The van der Waals surface area contributed by atoms with Crippen LogP contribution in [0.2, 0.25) is 0 Å². The van der Waals surface area contributed by atoms with Crippen LogP contribution in [0.4, 0.5) is 5.69 Å². The van der Waals surface area contributed by atoms with Crippen molar-refractivity contribution < 1.29 is 19.1 Å². The Morgan fingerprint density at radius 2 is 1.88 bits per heavy atom. The van der Waals surface area contributed by atoms with Gasteiger partial charge in [-0.3, -0.25) is 9.59 Å². The highest BCUT2D eigenvalue weighted by Crippen LogP contribution is 2.25. The van der Waals surface area contributed by atoms with E-state index in [1.807, 2.05) is 0 Å². The summed E-state index contributed by atoms with van der Waals surface area (Å²) in [6, 6.07) is 5.46. The average molecular weight is 349 g/mol. The zero-order chi connectivity index (χ0) is 18.4. The molecule has 2 N–H and O–H groups in total. The highest BCUT2D eigenvalue weighted by Gasteiger charge is 2.27. The molecule has 1 aromatic carbocycles. The summed E-state index contributed by atoms with van der Waals surface area (Å²) in [5.74, 6) is 0.913. The fourth-order valence-corrected chi connectivity index (χ4v) is 3.04. The number of methoxy groups -OCH3 is 2. The van der Waals surface area contributed by atoms with Crippen LogP contribution in [0.25, 0.3) is 0 Å². The Morgan fingerprint density at radius 3 is 2.44 bits per heavy atom. The van der Waals surface area contributed by atoms with Crippen molar-refractivity contribution in [3.63, 3.8) is 0 Å². The minimum absolute atomic E-state index is 0.0106. The number of rotatable bonds is 6. The Bertz CT molecular complexity index is 598. The zero-order valence-corrected chi connectivity index (χ0v) is 15.3. The van der Waals surface area contributed by atoms with Gasteiger partial charge in [-0.2, -0.15) is 0 Å². The number of hydrogen-bond donors (Lipinski definition) is 2. The Balaban J connectivity index is 1.94. The molecule has 1 aromatic rings. The summed E-state index contributed by atoms with van der Waals surface area (Å²) in [4.78, 5) is 26.3. The monoisotopic (exact) mass is 349 g/mol. The normalized spacial score (nSPS) is 19.8. The van der Waals surface area contributed by atoms with Gasteiger partial charge in [-0.1, -0.05) is 0 Å². The summed E-state index contributed by atoms with van der Waals surface area (Å²) in [6.45, 7) is 2.92. The summed E-state index contributed by atoms with van der Waals surface area (Å²) in [7, 11) is 4.76. The molecule has 0 aliphatic carbocycles. The van der Waals surface area contributed by atoms with E-state index < -0.39 is 0 Å². The third-order valence-corrected chi connectivity index (χ3v) is 4.37. The van der Waals surface area contributed by atoms with Gasteiger partial charge in [0.15, 0.2) is 0 Å². The predicted molar refractivity (Wildman–Crippen MR) is 96.0 cm³/mol. The van der Waals surface area contributed by atoms with Crippen molar-refractivity contribution in [1.82, 2.24) is 10.2 Å². The number of nitrogens with zero attached hydrogens (tertiary/aromatic N) is 1. The fourth-order valence-electron chi connectivity index (χ4n) is 3.04. The van der Waals surface area contributed by atoms with E-state index in [0.717, 1.165) is 19.4 Å². The first-order chi connectivity index (χ1) is 11.9. The minimum Gasteiger partial charge on any atom is -0.497 e. The number of nitrogens with one attached hydrogen (secondary N) is 2. The number of anilines is 1. The highest BCUT2D eigenvalue weighted by atomic mass is 16.5. The average Bonchev–Trinajstić information content (AvgIpc) is 2.60. The Kier molecular flexibility index (Phi) is 6.64. The van der Waals surface area contributed by atoms with Gasteiger partial charge in [-0.25, -0.2) is 0 Å². The lowest BCUT2D eigenvalue weighted by Crippen LogP contribution is -2.44. The van der Waals surface area contributed by atoms with Gasteiger partial charge in [0.05, 0.1) is 20.8 Å². The smallest absolute Gasteiger partial charge is 0.243 e. The van der Waals surface area contributed by atoms with Gasteiger partial charge >= 0.3 is 0 Å². The van der Waals surface area contributed by atoms with Crippen LogP contribution in [0, 0.1) is 5.92 Å². The summed E-state index contributed by atoms with van der Waals surface area (Å²) in [5, 5.41) is 6.11. The van der Waals surface area contributed by atoms with Crippen LogP contribution in [0.15, 0.2) is 18.2 Å². The molecule has 1 fully saturated rings. The van der Waals surface area contributed by atoms with Crippen LogP contribution in [0.1, 0.15) is 19.8 Å². The van der Waals surface area contributed by atoms with Crippen molar-refractivity contribution in [2.75, 3.05) is 39.7 Å². The second kappa shape index (κ2) is 8.71. The van der Waals surface area contributed by atoms with E-state index in [9.17, 15) is 9.59 Å². The van der Waals surface area contributed by atoms with Crippen molar-refractivity contribution in [2.45, 2.75) is 25.8 Å².